The molecule has 0 radical (unpaired) electrons. The van der Waals surface area contributed by atoms with E-state index in [4.69, 9.17) is 11.2 Å². The molecule has 0 saturated heterocycles. The van der Waals surface area contributed by atoms with E-state index in [1.54, 1.807) is 12.1 Å². The molecule has 8 heteroatoms. The summed E-state index contributed by atoms with van der Waals surface area (Å²) in [5.74, 6) is 3.09. The van der Waals surface area contributed by atoms with Gasteiger partial charge in [0.05, 0.1) is 34.5 Å². The van der Waals surface area contributed by atoms with E-state index in [1.165, 1.54) is 36.1 Å². The molecule has 168 valence electrons. The maximum Gasteiger partial charge on any atom is 0.248 e. The van der Waals surface area contributed by atoms with Gasteiger partial charge >= 0.3 is 0 Å². The second kappa shape index (κ2) is 10.2. The minimum Gasteiger partial charge on any atom is -0.497 e. The predicted molar refractivity (Wildman–Crippen MR) is 128 cm³/mol. The summed E-state index contributed by atoms with van der Waals surface area (Å²) in [5, 5.41) is 0. The zero-order valence-corrected chi connectivity index (χ0v) is 20.0. The topological polar surface area (TPSA) is 77.7 Å². The van der Waals surface area contributed by atoms with Crippen LogP contribution in [0.5, 0.6) is 5.75 Å². The van der Waals surface area contributed by atoms with E-state index >= 15 is 0 Å². The Hall–Kier alpha value is -2.89. The van der Waals surface area contributed by atoms with Crippen LogP contribution in [-0.4, -0.2) is 31.8 Å². The highest BCUT2D eigenvalue weighted by molar-refractivity contribution is 7.91. The van der Waals surface area contributed by atoms with Gasteiger partial charge in [0.2, 0.25) is 5.91 Å². The molecular weight excluding hydrogens is 444 g/mol. The van der Waals surface area contributed by atoms with Gasteiger partial charge in [0.25, 0.3) is 0 Å². The molecule has 32 heavy (non-hydrogen) atoms. The van der Waals surface area contributed by atoms with Gasteiger partial charge in [0.15, 0.2) is 14.6 Å². The monoisotopic (exact) mass is 470 g/mol. The van der Waals surface area contributed by atoms with E-state index in [0.717, 1.165) is 10.2 Å². The van der Waals surface area contributed by atoms with Crippen LogP contribution in [0.15, 0.2) is 52.4 Å². The quantitative estimate of drug-likeness (QED) is 0.464. The Balaban J connectivity index is 1.76. The zero-order valence-electron chi connectivity index (χ0n) is 18.4. The first-order chi connectivity index (χ1) is 15.2. The van der Waals surface area contributed by atoms with Crippen LogP contribution >= 0.6 is 11.3 Å². The van der Waals surface area contributed by atoms with Crippen molar-refractivity contribution in [1.82, 2.24) is 4.57 Å². The Bertz CT molecular complexity index is 1330. The number of rotatable bonds is 8. The summed E-state index contributed by atoms with van der Waals surface area (Å²) in [4.78, 5) is 17.5. The molecule has 3 rings (SSSR count). The molecule has 2 aromatic carbocycles. The third-order valence-electron chi connectivity index (χ3n) is 5.07. The molecule has 0 unspecified atom stereocenters. The summed E-state index contributed by atoms with van der Waals surface area (Å²) in [6.45, 7) is 4.55. The van der Waals surface area contributed by atoms with Crippen molar-refractivity contribution in [2.24, 2.45) is 4.99 Å². The first-order valence-corrected chi connectivity index (χ1v) is 12.7. The number of carbonyl (C=O) groups excluding carboxylic acids is 1. The third-order valence-corrected chi connectivity index (χ3v) is 7.92. The van der Waals surface area contributed by atoms with Gasteiger partial charge in [-0.1, -0.05) is 37.2 Å². The van der Waals surface area contributed by atoms with Crippen molar-refractivity contribution in [3.8, 4) is 18.1 Å². The Morgan fingerprint density at radius 3 is 2.56 bits per heavy atom. The highest BCUT2D eigenvalue weighted by atomic mass is 32.2. The number of methoxy groups -OCH3 is 1. The standard InChI is InChI=1S/C24H26N2O4S2/c1-5-14-26-21-13-8-18(17(2)3)16-22(21)31-24(26)25-23(27)7-6-15-32(28,29)20-11-9-19(30-4)10-12-20/h1,8-13,16-17H,6-7,14-15H2,2-4H3. The van der Waals surface area contributed by atoms with Crippen molar-refractivity contribution in [3.63, 3.8) is 0 Å². The molecule has 0 aliphatic heterocycles. The van der Waals surface area contributed by atoms with Crippen molar-refractivity contribution in [1.29, 1.82) is 0 Å². The maximum absolute atomic E-state index is 12.5. The van der Waals surface area contributed by atoms with Crippen LogP contribution in [-0.2, 0) is 21.2 Å². The fraction of sp³-hybridized carbons (Fsp3) is 0.333. The molecule has 3 aromatic rings. The van der Waals surface area contributed by atoms with Gasteiger partial charge in [-0.2, -0.15) is 4.99 Å². The van der Waals surface area contributed by atoms with E-state index in [2.05, 4.69) is 36.9 Å². The highest BCUT2D eigenvalue weighted by Crippen LogP contribution is 2.23. The smallest absolute Gasteiger partial charge is 0.248 e. The first kappa shape index (κ1) is 23.8. The van der Waals surface area contributed by atoms with E-state index in [0.29, 0.717) is 23.0 Å². The predicted octanol–water partition coefficient (Wildman–Crippen LogP) is 4.15. The largest absolute Gasteiger partial charge is 0.497 e. The number of hydrogen-bond donors (Lipinski definition) is 0. The minimum absolute atomic E-state index is 0.0386. The second-order valence-corrected chi connectivity index (χ2v) is 10.8. The number of thiazole rings is 1. The average molecular weight is 471 g/mol. The zero-order chi connectivity index (χ0) is 23.3. The van der Waals surface area contributed by atoms with Gasteiger partial charge < -0.3 is 9.30 Å². The number of sulfone groups is 1. The Labute approximate surface area is 192 Å². The van der Waals surface area contributed by atoms with E-state index in [9.17, 15) is 13.2 Å². The molecule has 0 N–H and O–H groups in total. The van der Waals surface area contributed by atoms with Crippen LogP contribution in [0, 0.1) is 12.3 Å². The van der Waals surface area contributed by atoms with Crippen molar-refractivity contribution in [3.05, 3.63) is 52.8 Å². The molecule has 1 amide bonds. The molecule has 0 saturated carbocycles. The number of terminal acetylenes is 1. The van der Waals surface area contributed by atoms with Crippen LogP contribution in [0.1, 0.15) is 38.2 Å². The van der Waals surface area contributed by atoms with Crippen LogP contribution in [0.2, 0.25) is 0 Å². The summed E-state index contributed by atoms with van der Waals surface area (Å²) in [5.41, 5.74) is 2.14. The van der Waals surface area contributed by atoms with E-state index < -0.39 is 9.84 Å². The molecular formula is C24H26N2O4S2. The Kier molecular flexibility index (Phi) is 7.54. The molecule has 0 spiro atoms. The number of fused-ring (bicyclic) bond motifs is 1. The van der Waals surface area contributed by atoms with E-state index in [1.807, 2.05) is 10.6 Å². The summed E-state index contributed by atoms with van der Waals surface area (Å²) < 4.78 is 32.9. The van der Waals surface area contributed by atoms with Gasteiger partial charge in [-0.05, 0) is 54.3 Å². The lowest BCUT2D eigenvalue weighted by atomic mass is 10.0. The fourth-order valence-corrected chi connectivity index (χ4v) is 5.66. The average Bonchev–Trinajstić information content (AvgIpc) is 3.10. The Morgan fingerprint density at radius 1 is 1.22 bits per heavy atom. The van der Waals surface area contributed by atoms with Crippen molar-refractivity contribution < 1.29 is 17.9 Å². The van der Waals surface area contributed by atoms with Crippen LogP contribution < -0.4 is 9.54 Å². The number of amides is 1. The molecule has 0 fully saturated rings. The number of nitrogens with zero attached hydrogens (tertiary/aromatic N) is 2. The molecule has 0 aliphatic rings. The molecule has 0 aliphatic carbocycles. The fourth-order valence-electron chi connectivity index (χ4n) is 3.26. The van der Waals surface area contributed by atoms with Gasteiger partial charge in [0.1, 0.15) is 5.75 Å². The van der Waals surface area contributed by atoms with E-state index in [-0.39, 0.29) is 29.4 Å². The number of benzene rings is 2. The highest BCUT2D eigenvalue weighted by Gasteiger charge is 2.15. The lowest BCUT2D eigenvalue weighted by Crippen LogP contribution is -2.17. The maximum atomic E-state index is 12.5. The van der Waals surface area contributed by atoms with Gasteiger partial charge in [-0.15, -0.1) is 6.42 Å². The SMILES string of the molecule is C#CCn1c(=NC(=O)CCCS(=O)(=O)c2ccc(OC)cc2)sc2cc(C(C)C)ccc21. The number of carbonyl (C=O) groups is 1. The molecule has 1 aromatic heterocycles. The molecule has 0 atom stereocenters. The summed E-state index contributed by atoms with van der Waals surface area (Å²) >= 11 is 1.41. The lowest BCUT2D eigenvalue weighted by Gasteiger charge is -2.05. The van der Waals surface area contributed by atoms with Crippen molar-refractivity contribution in [2.45, 2.75) is 44.0 Å². The summed E-state index contributed by atoms with van der Waals surface area (Å²) in [6, 6.07) is 12.4. The first-order valence-electron chi connectivity index (χ1n) is 10.3. The van der Waals surface area contributed by atoms with Crippen LogP contribution in [0.4, 0.5) is 0 Å². The molecule has 6 nitrogen and oxygen atoms in total. The normalized spacial score (nSPS) is 12.3. The van der Waals surface area contributed by atoms with Crippen LogP contribution in [0.3, 0.4) is 0 Å². The van der Waals surface area contributed by atoms with Gasteiger partial charge in [-0.25, -0.2) is 8.42 Å². The second-order valence-electron chi connectivity index (χ2n) is 7.66. The minimum atomic E-state index is -3.48. The third kappa shape index (κ3) is 5.47. The van der Waals surface area contributed by atoms with Crippen LogP contribution in [0.25, 0.3) is 10.2 Å². The van der Waals surface area contributed by atoms with Crippen molar-refractivity contribution in [2.75, 3.05) is 12.9 Å². The van der Waals surface area contributed by atoms with Crippen molar-refractivity contribution >= 4 is 37.3 Å². The Morgan fingerprint density at radius 2 is 1.94 bits per heavy atom. The number of hydrogen-bond acceptors (Lipinski definition) is 5. The lowest BCUT2D eigenvalue weighted by molar-refractivity contribution is -0.118. The number of aromatic nitrogens is 1. The number of ether oxygens (including phenoxy) is 1. The van der Waals surface area contributed by atoms with Gasteiger partial charge in [0, 0.05) is 6.42 Å². The molecule has 1 heterocycles. The summed E-state index contributed by atoms with van der Waals surface area (Å²) in [6.07, 6.45) is 5.75. The van der Waals surface area contributed by atoms with Gasteiger partial charge in [-0.3, -0.25) is 4.79 Å². The summed E-state index contributed by atoms with van der Waals surface area (Å²) in [7, 11) is -1.96. The molecule has 0 bridgehead atoms.